The zero-order chi connectivity index (χ0) is 16.4. The molecule has 1 heterocycles. The highest BCUT2D eigenvalue weighted by Gasteiger charge is 2.24. The maximum atomic E-state index is 12.9. The van der Waals surface area contributed by atoms with Crippen molar-refractivity contribution in [2.45, 2.75) is 6.92 Å². The summed E-state index contributed by atoms with van der Waals surface area (Å²) in [5.41, 5.74) is 1.06. The number of hydrogen-bond donors (Lipinski definition) is 0. The summed E-state index contributed by atoms with van der Waals surface area (Å²) in [4.78, 5) is 12.4. The van der Waals surface area contributed by atoms with E-state index in [4.69, 9.17) is 20.9 Å². The number of carbonyl (C=O) groups is 1. The van der Waals surface area contributed by atoms with Crippen molar-refractivity contribution in [2.24, 2.45) is 0 Å². The van der Waals surface area contributed by atoms with Gasteiger partial charge >= 0.3 is 5.97 Å². The number of esters is 1. The van der Waals surface area contributed by atoms with Crippen molar-refractivity contribution in [2.75, 3.05) is 0 Å². The molecule has 0 bridgehead atoms. The van der Waals surface area contributed by atoms with Crippen molar-refractivity contribution in [1.82, 2.24) is 5.16 Å². The van der Waals surface area contributed by atoms with Crippen LogP contribution in [0.4, 0.5) is 4.39 Å². The van der Waals surface area contributed by atoms with Crippen LogP contribution in [0.15, 0.2) is 53.1 Å². The van der Waals surface area contributed by atoms with Gasteiger partial charge in [0.15, 0.2) is 0 Å². The van der Waals surface area contributed by atoms with Gasteiger partial charge < -0.3 is 9.26 Å². The van der Waals surface area contributed by atoms with Crippen LogP contribution >= 0.6 is 11.6 Å². The van der Waals surface area contributed by atoms with E-state index < -0.39 is 11.8 Å². The summed E-state index contributed by atoms with van der Waals surface area (Å²) >= 11 is 6.15. The smallest absolute Gasteiger partial charge is 0.349 e. The third-order valence-corrected chi connectivity index (χ3v) is 3.55. The van der Waals surface area contributed by atoms with Crippen molar-refractivity contribution in [3.63, 3.8) is 0 Å². The molecule has 0 fully saturated rings. The Morgan fingerprint density at radius 3 is 2.57 bits per heavy atom. The van der Waals surface area contributed by atoms with Gasteiger partial charge in [-0.25, -0.2) is 9.18 Å². The summed E-state index contributed by atoms with van der Waals surface area (Å²) in [5.74, 6) is -0.526. The van der Waals surface area contributed by atoms with Crippen LogP contribution in [0.2, 0.25) is 5.02 Å². The minimum atomic E-state index is -0.648. The molecule has 116 valence electrons. The molecule has 0 aliphatic heterocycles. The zero-order valence-electron chi connectivity index (χ0n) is 12.0. The van der Waals surface area contributed by atoms with E-state index in [-0.39, 0.29) is 11.3 Å². The number of carbonyl (C=O) groups excluding carboxylic acids is 1. The van der Waals surface area contributed by atoms with Gasteiger partial charge in [-0.15, -0.1) is 0 Å². The van der Waals surface area contributed by atoms with Crippen molar-refractivity contribution in [3.8, 4) is 17.0 Å². The van der Waals surface area contributed by atoms with Gasteiger partial charge in [0, 0.05) is 5.56 Å². The normalized spacial score (nSPS) is 10.6. The molecule has 3 rings (SSSR count). The fourth-order valence-corrected chi connectivity index (χ4v) is 2.34. The number of hydrogen-bond acceptors (Lipinski definition) is 4. The van der Waals surface area contributed by atoms with Gasteiger partial charge in [0.1, 0.15) is 28.6 Å². The van der Waals surface area contributed by atoms with E-state index in [2.05, 4.69) is 5.16 Å². The Hall–Kier alpha value is -2.66. The maximum absolute atomic E-state index is 12.9. The van der Waals surface area contributed by atoms with Gasteiger partial charge in [0.05, 0.1) is 5.02 Å². The molecule has 0 aliphatic carbocycles. The Balaban J connectivity index is 1.97. The highest BCUT2D eigenvalue weighted by atomic mass is 35.5. The predicted molar refractivity (Wildman–Crippen MR) is 83.0 cm³/mol. The van der Waals surface area contributed by atoms with E-state index in [1.807, 2.05) is 0 Å². The minimum absolute atomic E-state index is 0.183. The predicted octanol–water partition coefficient (Wildman–Crippen LogP) is 4.66. The molecule has 3 aromatic rings. The van der Waals surface area contributed by atoms with E-state index >= 15 is 0 Å². The Morgan fingerprint density at radius 1 is 1.17 bits per heavy atom. The molecule has 0 saturated carbocycles. The van der Waals surface area contributed by atoms with Gasteiger partial charge in [-0.05, 0) is 37.3 Å². The van der Waals surface area contributed by atoms with Crippen LogP contribution in [0, 0.1) is 12.7 Å². The van der Waals surface area contributed by atoms with Crippen molar-refractivity contribution in [3.05, 3.63) is 70.7 Å². The summed E-state index contributed by atoms with van der Waals surface area (Å²) in [5, 5.41) is 4.34. The lowest BCUT2D eigenvalue weighted by atomic mass is 10.1. The van der Waals surface area contributed by atoms with Crippen molar-refractivity contribution < 1.29 is 18.4 Å². The number of aryl methyl sites for hydroxylation is 1. The van der Waals surface area contributed by atoms with Gasteiger partial charge in [-0.3, -0.25) is 0 Å². The summed E-state index contributed by atoms with van der Waals surface area (Å²) in [6.07, 6.45) is 0. The molecule has 6 heteroatoms. The van der Waals surface area contributed by atoms with E-state index in [1.165, 1.54) is 24.3 Å². The first-order chi connectivity index (χ1) is 11.1. The van der Waals surface area contributed by atoms with Crippen LogP contribution in [-0.2, 0) is 0 Å². The average Bonchev–Trinajstić information content (AvgIpc) is 2.91. The van der Waals surface area contributed by atoms with Crippen LogP contribution in [0.5, 0.6) is 5.75 Å². The fourth-order valence-electron chi connectivity index (χ4n) is 2.11. The Kier molecular flexibility index (Phi) is 4.12. The van der Waals surface area contributed by atoms with Crippen LogP contribution in [0.3, 0.4) is 0 Å². The molecule has 0 amide bonds. The molecular weight excluding hydrogens is 321 g/mol. The summed E-state index contributed by atoms with van der Waals surface area (Å²) < 4.78 is 23.3. The standard InChI is InChI=1S/C17H11ClFNO3/c1-10-15(17(21)22-12-8-6-11(19)7-9-12)16(20-23-10)13-4-2-3-5-14(13)18/h2-9H,1H3. The van der Waals surface area contributed by atoms with Gasteiger partial charge in [0.2, 0.25) is 0 Å². The topological polar surface area (TPSA) is 52.3 Å². The maximum Gasteiger partial charge on any atom is 0.349 e. The van der Waals surface area contributed by atoms with Crippen molar-refractivity contribution in [1.29, 1.82) is 0 Å². The minimum Gasteiger partial charge on any atom is -0.423 e. The zero-order valence-corrected chi connectivity index (χ0v) is 12.8. The van der Waals surface area contributed by atoms with Crippen LogP contribution in [-0.4, -0.2) is 11.1 Å². The molecule has 1 aromatic heterocycles. The molecule has 0 spiro atoms. The lowest BCUT2D eigenvalue weighted by Crippen LogP contribution is -2.10. The quantitative estimate of drug-likeness (QED) is 0.517. The van der Waals surface area contributed by atoms with Crippen LogP contribution in [0.1, 0.15) is 16.1 Å². The number of halogens is 2. The molecule has 0 N–H and O–H groups in total. The molecule has 0 saturated heterocycles. The molecule has 0 aliphatic rings. The van der Waals surface area contributed by atoms with Gasteiger partial charge in [-0.1, -0.05) is 35.0 Å². The highest BCUT2D eigenvalue weighted by Crippen LogP contribution is 2.31. The van der Waals surface area contributed by atoms with Gasteiger partial charge in [-0.2, -0.15) is 0 Å². The second-order valence-corrected chi connectivity index (χ2v) is 5.19. The monoisotopic (exact) mass is 331 g/mol. The van der Waals surface area contributed by atoms with E-state index in [0.29, 0.717) is 22.0 Å². The molecule has 0 atom stereocenters. The molecular formula is C17H11ClFNO3. The fraction of sp³-hybridized carbons (Fsp3) is 0.0588. The van der Waals surface area contributed by atoms with Crippen LogP contribution in [0.25, 0.3) is 11.3 Å². The average molecular weight is 332 g/mol. The highest BCUT2D eigenvalue weighted by molar-refractivity contribution is 6.33. The summed E-state index contributed by atoms with van der Waals surface area (Å²) in [7, 11) is 0. The third kappa shape index (κ3) is 3.10. The second kappa shape index (κ2) is 6.22. The SMILES string of the molecule is Cc1onc(-c2ccccc2Cl)c1C(=O)Oc1ccc(F)cc1. The Morgan fingerprint density at radius 2 is 1.87 bits per heavy atom. The lowest BCUT2D eigenvalue weighted by Gasteiger charge is -2.05. The molecule has 0 unspecified atom stereocenters. The van der Waals surface area contributed by atoms with E-state index in [0.717, 1.165) is 0 Å². The Bertz CT molecular complexity index is 859. The first kappa shape index (κ1) is 15.2. The largest absolute Gasteiger partial charge is 0.423 e. The number of rotatable bonds is 3. The lowest BCUT2D eigenvalue weighted by molar-refractivity contribution is 0.0733. The molecule has 0 radical (unpaired) electrons. The van der Waals surface area contributed by atoms with E-state index in [9.17, 15) is 9.18 Å². The first-order valence-electron chi connectivity index (χ1n) is 6.75. The number of ether oxygens (including phenoxy) is 1. The molecule has 2 aromatic carbocycles. The molecule has 23 heavy (non-hydrogen) atoms. The van der Waals surface area contributed by atoms with E-state index in [1.54, 1.807) is 31.2 Å². The number of aromatic nitrogens is 1. The third-order valence-electron chi connectivity index (χ3n) is 3.22. The summed E-state index contributed by atoms with van der Waals surface area (Å²) in [6, 6.07) is 12.1. The Labute approximate surface area is 136 Å². The number of benzene rings is 2. The number of nitrogens with zero attached hydrogens (tertiary/aromatic N) is 1. The van der Waals surface area contributed by atoms with Crippen LogP contribution < -0.4 is 4.74 Å². The summed E-state index contributed by atoms with van der Waals surface area (Å²) in [6.45, 7) is 1.61. The first-order valence-corrected chi connectivity index (χ1v) is 7.13. The van der Waals surface area contributed by atoms with Gasteiger partial charge in [0.25, 0.3) is 0 Å². The van der Waals surface area contributed by atoms with Crippen molar-refractivity contribution >= 4 is 17.6 Å². The molecule has 4 nitrogen and oxygen atoms in total. The second-order valence-electron chi connectivity index (χ2n) is 4.79.